The van der Waals surface area contributed by atoms with Crippen molar-refractivity contribution in [1.29, 1.82) is 0 Å². The maximum absolute atomic E-state index is 12.9. The Kier molecular flexibility index (Phi) is 6.39. The van der Waals surface area contributed by atoms with E-state index in [2.05, 4.69) is 15.6 Å². The highest BCUT2D eigenvalue weighted by Crippen LogP contribution is 2.35. The number of amides is 1. The van der Waals surface area contributed by atoms with E-state index in [9.17, 15) is 14.9 Å². The zero-order valence-corrected chi connectivity index (χ0v) is 18.0. The summed E-state index contributed by atoms with van der Waals surface area (Å²) in [7, 11) is 1.55. The average molecular weight is 449 g/mol. The lowest BCUT2D eigenvalue weighted by Crippen LogP contribution is -2.14. The highest BCUT2D eigenvalue weighted by atomic mass is 32.1. The molecule has 0 atom stereocenters. The first-order valence-electron chi connectivity index (χ1n) is 9.84. The highest BCUT2D eigenvalue weighted by molar-refractivity contribution is 7.21. The van der Waals surface area contributed by atoms with Gasteiger partial charge in [-0.1, -0.05) is 24.3 Å². The van der Waals surface area contributed by atoms with Gasteiger partial charge in [-0.05, 0) is 36.4 Å². The number of methoxy groups -OCH3 is 1. The SMILES string of the molecule is COCCNc1ccc(C(=O)Nc2ccccc2-c2nc3ccccc3s2)cc1[N+](=O)[O-]. The molecular formula is C23H20N4O4S. The van der Waals surface area contributed by atoms with E-state index in [1.165, 1.54) is 23.5 Å². The number of para-hydroxylation sites is 2. The van der Waals surface area contributed by atoms with Crippen LogP contribution in [0.2, 0.25) is 0 Å². The average Bonchev–Trinajstić information content (AvgIpc) is 3.23. The number of thiazole rings is 1. The summed E-state index contributed by atoms with van der Waals surface area (Å²) in [4.78, 5) is 28.6. The van der Waals surface area contributed by atoms with Crippen LogP contribution in [0, 0.1) is 10.1 Å². The van der Waals surface area contributed by atoms with E-state index in [-0.39, 0.29) is 11.3 Å². The molecule has 2 N–H and O–H groups in total. The van der Waals surface area contributed by atoms with Gasteiger partial charge in [-0.3, -0.25) is 14.9 Å². The molecule has 0 aliphatic rings. The monoisotopic (exact) mass is 448 g/mol. The number of anilines is 2. The first-order valence-corrected chi connectivity index (χ1v) is 10.7. The van der Waals surface area contributed by atoms with Crippen molar-refractivity contribution in [2.24, 2.45) is 0 Å². The molecule has 0 unspecified atom stereocenters. The lowest BCUT2D eigenvalue weighted by molar-refractivity contribution is -0.384. The molecule has 32 heavy (non-hydrogen) atoms. The van der Waals surface area contributed by atoms with Crippen LogP contribution in [0.25, 0.3) is 20.8 Å². The summed E-state index contributed by atoms with van der Waals surface area (Å²) < 4.78 is 6.01. The smallest absolute Gasteiger partial charge is 0.293 e. The Morgan fingerprint density at radius 3 is 2.66 bits per heavy atom. The number of benzene rings is 3. The fourth-order valence-electron chi connectivity index (χ4n) is 3.22. The summed E-state index contributed by atoms with van der Waals surface area (Å²) in [6, 6.07) is 19.5. The molecule has 0 fully saturated rings. The van der Waals surface area contributed by atoms with Crippen molar-refractivity contribution in [2.45, 2.75) is 0 Å². The molecule has 0 saturated heterocycles. The second-order valence-corrected chi connectivity index (χ2v) is 7.93. The van der Waals surface area contributed by atoms with E-state index >= 15 is 0 Å². The van der Waals surface area contributed by atoms with Gasteiger partial charge in [-0.2, -0.15) is 0 Å². The van der Waals surface area contributed by atoms with Gasteiger partial charge in [0.25, 0.3) is 11.6 Å². The summed E-state index contributed by atoms with van der Waals surface area (Å²) in [5.74, 6) is -0.440. The minimum absolute atomic E-state index is 0.173. The number of ether oxygens (including phenoxy) is 1. The van der Waals surface area contributed by atoms with Gasteiger partial charge >= 0.3 is 0 Å². The van der Waals surface area contributed by atoms with Gasteiger partial charge < -0.3 is 15.4 Å². The molecular weight excluding hydrogens is 428 g/mol. The number of carbonyl (C=O) groups is 1. The summed E-state index contributed by atoms with van der Waals surface area (Å²) in [5.41, 5.74) is 2.61. The molecule has 3 aromatic carbocycles. The van der Waals surface area contributed by atoms with Gasteiger partial charge in [0.2, 0.25) is 0 Å². The summed E-state index contributed by atoms with van der Waals surface area (Å²) in [5, 5.41) is 18.1. The lowest BCUT2D eigenvalue weighted by Gasteiger charge is -2.11. The largest absolute Gasteiger partial charge is 0.383 e. The zero-order chi connectivity index (χ0) is 22.5. The van der Waals surface area contributed by atoms with Crippen molar-refractivity contribution in [1.82, 2.24) is 4.98 Å². The zero-order valence-electron chi connectivity index (χ0n) is 17.2. The van der Waals surface area contributed by atoms with Crippen LogP contribution in [-0.4, -0.2) is 36.1 Å². The molecule has 4 rings (SSSR count). The van der Waals surface area contributed by atoms with Crippen LogP contribution in [0.15, 0.2) is 66.7 Å². The number of hydrogen-bond acceptors (Lipinski definition) is 7. The minimum atomic E-state index is -0.513. The van der Waals surface area contributed by atoms with Gasteiger partial charge in [0.1, 0.15) is 10.7 Å². The third-order valence-corrected chi connectivity index (χ3v) is 5.85. The molecule has 0 bridgehead atoms. The number of nitro benzene ring substituents is 1. The van der Waals surface area contributed by atoms with Gasteiger partial charge in [-0.25, -0.2) is 4.98 Å². The first-order chi connectivity index (χ1) is 15.6. The van der Waals surface area contributed by atoms with E-state index in [4.69, 9.17) is 4.74 Å². The number of nitrogens with one attached hydrogen (secondary N) is 2. The van der Waals surface area contributed by atoms with Crippen molar-refractivity contribution < 1.29 is 14.5 Å². The van der Waals surface area contributed by atoms with Crippen molar-refractivity contribution in [2.75, 3.05) is 30.9 Å². The van der Waals surface area contributed by atoms with Crippen LogP contribution >= 0.6 is 11.3 Å². The van der Waals surface area contributed by atoms with Crippen LogP contribution in [-0.2, 0) is 4.74 Å². The molecule has 9 heteroatoms. The third kappa shape index (κ3) is 4.58. The Morgan fingerprint density at radius 1 is 1.09 bits per heavy atom. The molecule has 0 saturated carbocycles. The number of rotatable bonds is 8. The maximum Gasteiger partial charge on any atom is 0.293 e. The second kappa shape index (κ2) is 9.54. The Bertz CT molecular complexity index is 1250. The van der Waals surface area contributed by atoms with E-state index in [0.717, 1.165) is 20.8 Å². The van der Waals surface area contributed by atoms with E-state index in [0.29, 0.717) is 24.5 Å². The molecule has 1 aromatic heterocycles. The number of aromatic nitrogens is 1. The Balaban J connectivity index is 1.61. The quantitative estimate of drug-likeness (QED) is 0.218. The molecule has 162 valence electrons. The van der Waals surface area contributed by atoms with Crippen molar-refractivity contribution >= 4 is 44.5 Å². The van der Waals surface area contributed by atoms with Gasteiger partial charge in [-0.15, -0.1) is 11.3 Å². The standard InChI is InChI=1S/C23H20N4O4S/c1-31-13-12-24-18-11-10-15(14-20(18)27(29)30)22(28)25-17-7-3-2-6-16(17)23-26-19-8-4-5-9-21(19)32-23/h2-11,14,24H,12-13H2,1H3,(H,25,28). The van der Waals surface area contributed by atoms with Gasteiger partial charge in [0, 0.05) is 30.8 Å². The molecule has 0 spiro atoms. The predicted molar refractivity (Wildman–Crippen MR) is 126 cm³/mol. The molecule has 0 radical (unpaired) electrons. The molecule has 0 aliphatic heterocycles. The van der Waals surface area contributed by atoms with E-state index in [1.807, 2.05) is 42.5 Å². The molecule has 8 nitrogen and oxygen atoms in total. The number of nitro groups is 1. The number of carbonyl (C=O) groups excluding carboxylic acids is 1. The van der Waals surface area contributed by atoms with Crippen LogP contribution in [0.3, 0.4) is 0 Å². The molecule has 1 heterocycles. The van der Waals surface area contributed by atoms with Crippen LogP contribution in [0.5, 0.6) is 0 Å². The molecule has 1 amide bonds. The van der Waals surface area contributed by atoms with Crippen molar-refractivity contribution in [3.05, 3.63) is 82.4 Å². The fraction of sp³-hybridized carbons (Fsp3) is 0.130. The first kappa shape index (κ1) is 21.4. The van der Waals surface area contributed by atoms with Gasteiger partial charge in [0.15, 0.2) is 0 Å². The number of hydrogen-bond donors (Lipinski definition) is 2. The van der Waals surface area contributed by atoms with E-state index < -0.39 is 10.8 Å². The second-order valence-electron chi connectivity index (χ2n) is 6.90. The third-order valence-electron chi connectivity index (χ3n) is 4.78. The summed E-state index contributed by atoms with van der Waals surface area (Å²) in [6.07, 6.45) is 0. The Morgan fingerprint density at radius 2 is 1.88 bits per heavy atom. The summed E-state index contributed by atoms with van der Waals surface area (Å²) in [6.45, 7) is 0.820. The van der Waals surface area contributed by atoms with Crippen LogP contribution < -0.4 is 10.6 Å². The van der Waals surface area contributed by atoms with E-state index in [1.54, 1.807) is 19.2 Å². The van der Waals surface area contributed by atoms with Crippen LogP contribution in [0.1, 0.15) is 10.4 Å². The number of nitrogens with zero attached hydrogens (tertiary/aromatic N) is 2. The van der Waals surface area contributed by atoms with Gasteiger partial charge in [0.05, 0.1) is 27.4 Å². The summed E-state index contributed by atoms with van der Waals surface area (Å²) >= 11 is 1.53. The highest BCUT2D eigenvalue weighted by Gasteiger charge is 2.19. The molecule has 4 aromatic rings. The molecule has 0 aliphatic carbocycles. The number of fused-ring (bicyclic) bond motifs is 1. The van der Waals surface area contributed by atoms with Crippen molar-refractivity contribution in [3.8, 4) is 10.6 Å². The topological polar surface area (TPSA) is 106 Å². The Labute approximate surface area is 188 Å². The van der Waals surface area contributed by atoms with Crippen molar-refractivity contribution in [3.63, 3.8) is 0 Å². The fourth-order valence-corrected chi connectivity index (χ4v) is 4.23. The predicted octanol–water partition coefficient (Wildman–Crippen LogP) is 5.18. The maximum atomic E-state index is 12.9. The minimum Gasteiger partial charge on any atom is -0.383 e. The lowest BCUT2D eigenvalue weighted by atomic mass is 10.1. The van der Waals surface area contributed by atoms with Crippen LogP contribution in [0.4, 0.5) is 17.1 Å². The normalized spacial score (nSPS) is 10.8. The Hall–Kier alpha value is -3.82.